The molecule has 1 radical (unpaired) electrons. The Kier molecular flexibility index (Phi) is 12.3. The number of benzene rings is 4. The number of methoxy groups -OCH3 is 4. The van der Waals surface area contributed by atoms with Crippen molar-refractivity contribution in [1.82, 2.24) is 4.98 Å². The largest absolute Gasteiger partial charge is 2.00 e. The first kappa shape index (κ1) is 43.5. The number of esters is 3. The summed E-state index contributed by atoms with van der Waals surface area (Å²) in [5.41, 5.74) is 11.0. The molecule has 0 N–H and O–H groups in total. The van der Waals surface area contributed by atoms with E-state index >= 15 is 0 Å². The van der Waals surface area contributed by atoms with Gasteiger partial charge >= 0.3 is 35.0 Å². The molecule has 0 atom stereocenters. The van der Waals surface area contributed by atoms with E-state index in [1.807, 2.05) is 97.1 Å². The van der Waals surface area contributed by atoms with Crippen LogP contribution in [0.2, 0.25) is 0 Å². The van der Waals surface area contributed by atoms with Gasteiger partial charge in [-0.15, -0.1) is 11.4 Å². The van der Waals surface area contributed by atoms with E-state index in [1.165, 1.54) is 28.4 Å². The zero-order chi connectivity index (χ0) is 44.5. The molecule has 0 spiro atoms. The second-order valence-electron chi connectivity index (χ2n) is 14.6. The molecular formula is C52H36MnN4O8. The van der Waals surface area contributed by atoms with Crippen molar-refractivity contribution in [2.24, 2.45) is 15.0 Å². The zero-order valence-electron chi connectivity index (χ0n) is 35.3. The van der Waals surface area contributed by atoms with Crippen molar-refractivity contribution in [3.63, 3.8) is 0 Å². The van der Waals surface area contributed by atoms with Crippen LogP contribution in [0.15, 0.2) is 178 Å². The summed E-state index contributed by atoms with van der Waals surface area (Å²) in [7, 11) is 5.35. The third-order valence-electron chi connectivity index (χ3n) is 11.0. The molecule has 13 heteroatoms. The van der Waals surface area contributed by atoms with E-state index < -0.39 is 23.9 Å². The van der Waals surface area contributed by atoms with Crippen molar-refractivity contribution in [1.29, 1.82) is 0 Å². The Labute approximate surface area is 383 Å². The Hall–Kier alpha value is -8.12. The quantitative estimate of drug-likeness (QED) is 0.110. The minimum absolute atomic E-state index is 0. The van der Waals surface area contributed by atoms with E-state index in [-0.39, 0.29) is 17.1 Å². The summed E-state index contributed by atoms with van der Waals surface area (Å²) in [6, 6.07) is 32.1. The van der Waals surface area contributed by atoms with Crippen LogP contribution in [0, 0.1) is 0 Å². The molecule has 0 saturated carbocycles. The minimum Gasteiger partial charge on any atom is -0.657 e. The standard InChI is InChI=1S/C52H38N4O8.Mn/c1-61-49(57)33-13-5-29(6-14-33)45-37-21-23-39(53-37)46(30-7-15-34(16-8-30)50(58)62-2)41-25-27-43(55-41)48(32-11-19-36(20-12-32)52(60)64-4)44-28-26-42(56-44)47(40-24-22-38(45)54-40)31-9-17-35(18-10-31)51(59)63-3;/h5-28H,1-4H3,(H2,53,54,55,56,57,58,59,60);/q;+2/p-2. The van der Waals surface area contributed by atoms with Gasteiger partial charge in [-0.3, -0.25) is 0 Å². The molecule has 319 valence electrons. The van der Waals surface area contributed by atoms with Crippen LogP contribution in [0.5, 0.6) is 0 Å². The van der Waals surface area contributed by atoms with Crippen molar-refractivity contribution in [2.75, 3.05) is 28.4 Å². The smallest absolute Gasteiger partial charge is 0.657 e. The number of carbonyl (C=O) groups is 3. The van der Waals surface area contributed by atoms with E-state index in [1.54, 1.807) is 48.5 Å². The Morgan fingerprint density at radius 3 is 1.17 bits per heavy atom. The van der Waals surface area contributed by atoms with Gasteiger partial charge in [0.1, 0.15) is 0 Å². The molecule has 0 amide bonds. The van der Waals surface area contributed by atoms with Gasteiger partial charge in [-0.2, -0.15) is 0 Å². The van der Waals surface area contributed by atoms with Crippen molar-refractivity contribution < 1.29 is 55.5 Å². The molecular weight excluding hydrogens is 864 g/mol. The monoisotopic (exact) mass is 899 g/mol. The predicted octanol–water partition coefficient (Wildman–Crippen LogP) is 5.90. The maximum Gasteiger partial charge on any atom is 2.00 e. The molecule has 0 fully saturated rings. The first-order valence-corrected chi connectivity index (χ1v) is 20.0. The van der Waals surface area contributed by atoms with Crippen LogP contribution < -0.4 is 20.5 Å². The number of allylic oxidation sites excluding steroid dienone is 8. The molecule has 0 aliphatic carbocycles. The van der Waals surface area contributed by atoms with Crippen LogP contribution in [0.25, 0.3) is 28.2 Å². The molecule has 1 aromatic heterocycles. The van der Waals surface area contributed by atoms with Crippen LogP contribution in [0.4, 0.5) is 0 Å². The summed E-state index contributed by atoms with van der Waals surface area (Å²) in [5.74, 6) is -1.86. The van der Waals surface area contributed by atoms with Crippen LogP contribution >= 0.6 is 0 Å². The van der Waals surface area contributed by atoms with Crippen LogP contribution in [-0.4, -0.2) is 63.5 Å². The maximum absolute atomic E-state index is 12.5. The van der Waals surface area contributed by atoms with Gasteiger partial charge in [-0.25, -0.2) is 29.4 Å². The SMILES string of the molecule is COC(=O)c1ccc(C2=C3C=CC(=N3)C(c3ccc(C(=O)OC)cc3)=C3C=CC(=N3)C(=c3ccc(=C([O-])OC)cc3)c3ccc([n-]3)C(c3ccc(C(=O)OC)cc3)=C3C=CC2=N3)cc1.[Mn+2]. The molecule has 5 heterocycles. The molecule has 4 aliphatic rings. The zero-order valence-corrected chi connectivity index (χ0v) is 36.5. The summed E-state index contributed by atoms with van der Waals surface area (Å²) in [5, 5.41) is 13.6. The Balaban J connectivity index is 0.00000576. The summed E-state index contributed by atoms with van der Waals surface area (Å²) < 4.78 is 19.9. The van der Waals surface area contributed by atoms with Crippen LogP contribution in [0.1, 0.15) is 59.2 Å². The van der Waals surface area contributed by atoms with Gasteiger partial charge < -0.3 is 29.0 Å². The first-order valence-electron chi connectivity index (χ1n) is 20.0. The molecule has 0 saturated heterocycles. The molecule has 12 nitrogen and oxygen atoms in total. The number of nitrogens with zero attached hydrogens (tertiary/aromatic N) is 4. The van der Waals surface area contributed by atoms with Crippen LogP contribution in [0.3, 0.4) is 0 Å². The van der Waals surface area contributed by atoms with E-state index in [0.717, 1.165) is 21.9 Å². The minimum atomic E-state index is -0.464. The Morgan fingerprint density at radius 2 is 0.785 bits per heavy atom. The number of aliphatic imine (C=N–C) groups is 3. The molecule has 4 aromatic carbocycles. The molecule has 9 rings (SSSR count). The fraction of sp³-hybridized carbons (Fsp3) is 0.0769. The number of hydrogen-bond donors (Lipinski definition) is 0. The van der Waals surface area contributed by atoms with Crippen molar-refractivity contribution in [3.05, 3.63) is 218 Å². The molecule has 5 aromatic rings. The van der Waals surface area contributed by atoms with Gasteiger partial charge in [0, 0.05) is 11.1 Å². The second kappa shape index (κ2) is 18.3. The fourth-order valence-electron chi connectivity index (χ4n) is 7.83. The Bertz CT molecular complexity index is 3210. The number of rotatable bonds is 7. The van der Waals surface area contributed by atoms with E-state index in [2.05, 4.69) is 0 Å². The summed E-state index contributed by atoms with van der Waals surface area (Å²) in [6.45, 7) is 0. The van der Waals surface area contributed by atoms with E-state index in [4.69, 9.17) is 38.9 Å². The van der Waals surface area contributed by atoms with Gasteiger partial charge in [0.2, 0.25) is 0 Å². The number of hydrogen-bond acceptors (Lipinski definition) is 11. The number of ether oxygens (including phenoxy) is 4. The molecule has 0 unspecified atom stereocenters. The van der Waals surface area contributed by atoms with Crippen molar-refractivity contribution >= 4 is 63.3 Å². The van der Waals surface area contributed by atoms with Gasteiger partial charge in [-0.1, -0.05) is 72.8 Å². The Morgan fingerprint density at radius 1 is 0.431 bits per heavy atom. The van der Waals surface area contributed by atoms with Gasteiger partial charge in [0.25, 0.3) is 0 Å². The van der Waals surface area contributed by atoms with Crippen molar-refractivity contribution in [3.8, 4) is 0 Å². The summed E-state index contributed by atoms with van der Waals surface area (Å²) in [6.07, 6.45) is 11.5. The fourth-order valence-corrected chi connectivity index (χ4v) is 7.83. The maximum atomic E-state index is 12.5. The average molecular weight is 900 g/mol. The van der Waals surface area contributed by atoms with Crippen molar-refractivity contribution in [2.45, 2.75) is 0 Å². The third-order valence-corrected chi connectivity index (χ3v) is 11.0. The molecule has 65 heavy (non-hydrogen) atoms. The topological polar surface area (TPSA) is 162 Å². The number of fused-ring (bicyclic) bond motifs is 5. The first-order chi connectivity index (χ1) is 31.2. The summed E-state index contributed by atoms with van der Waals surface area (Å²) >= 11 is 0. The number of carbonyl (C=O) groups excluding carboxylic acids is 3. The van der Waals surface area contributed by atoms with Crippen LogP contribution in [-0.2, 0) is 36.0 Å². The second-order valence-corrected chi connectivity index (χ2v) is 14.6. The van der Waals surface area contributed by atoms with Gasteiger partial charge in [-0.05, 0) is 118 Å². The normalized spacial score (nSPS) is 14.8. The third kappa shape index (κ3) is 8.29. The number of aromatic nitrogens is 1. The molecule has 8 bridgehead atoms. The predicted molar refractivity (Wildman–Crippen MR) is 241 cm³/mol. The summed E-state index contributed by atoms with van der Waals surface area (Å²) in [4.78, 5) is 58.4. The van der Waals surface area contributed by atoms with Gasteiger partial charge in [0.05, 0.1) is 78.2 Å². The van der Waals surface area contributed by atoms with Gasteiger partial charge in [0.15, 0.2) is 0 Å². The van der Waals surface area contributed by atoms with E-state index in [0.29, 0.717) is 89.8 Å². The van der Waals surface area contributed by atoms with E-state index in [9.17, 15) is 19.5 Å². The molecule has 4 aliphatic heterocycles. The average Bonchev–Trinajstić information content (AvgIpc) is 4.20.